The van der Waals surface area contributed by atoms with Crippen molar-refractivity contribution in [3.63, 3.8) is 0 Å². The minimum absolute atomic E-state index is 0.0359. The third-order valence-corrected chi connectivity index (χ3v) is 8.06. The van der Waals surface area contributed by atoms with Crippen molar-refractivity contribution in [3.05, 3.63) is 59.7 Å². The first-order valence-corrected chi connectivity index (χ1v) is 12.5. The van der Waals surface area contributed by atoms with E-state index in [4.69, 9.17) is 4.74 Å². The van der Waals surface area contributed by atoms with Gasteiger partial charge in [-0.05, 0) is 53.4 Å². The second-order valence-electron chi connectivity index (χ2n) is 10.3. The number of aliphatic carboxylic acids is 1. The van der Waals surface area contributed by atoms with Gasteiger partial charge in [0.05, 0.1) is 5.92 Å². The standard InChI is InChI=1S/C28H32N2O5/c1-17(2)23(25(31)30-13-7-8-18-14-28(18,30)26(32)33)15-29-27(34)35-16-24-21-11-5-3-9-19(21)20-10-4-6-12-22(20)24/h3-6,9-12,17-18,23-24H,7-8,13-16H2,1-2H3,(H,29,34)(H,32,33). The highest BCUT2D eigenvalue weighted by Crippen LogP contribution is 2.54. The Morgan fingerprint density at radius 2 is 1.71 bits per heavy atom. The Hall–Kier alpha value is -3.35. The number of hydrogen-bond acceptors (Lipinski definition) is 4. The van der Waals surface area contributed by atoms with Gasteiger partial charge < -0.3 is 20.1 Å². The zero-order chi connectivity index (χ0) is 24.7. The van der Waals surface area contributed by atoms with Gasteiger partial charge in [0.1, 0.15) is 12.1 Å². The van der Waals surface area contributed by atoms with Gasteiger partial charge in [0.2, 0.25) is 5.91 Å². The number of carboxylic acid groups (broad SMARTS) is 1. The maximum absolute atomic E-state index is 13.4. The van der Waals surface area contributed by atoms with Crippen molar-refractivity contribution in [1.82, 2.24) is 10.2 Å². The first-order chi connectivity index (χ1) is 16.8. The minimum Gasteiger partial charge on any atom is -0.479 e. The molecular formula is C28H32N2O5. The average molecular weight is 477 g/mol. The van der Waals surface area contributed by atoms with Crippen LogP contribution in [0.5, 0.6) is 0 Å². The molecule has 0 spiro atoms. The highest BCUT2D eigenvalue weighted by atomic mass is 16.5. The van der Waals surface area contributed by atoms with Crippen LogP contribution in [-0.2, 0) is 14.3 Å². The Kier molecular flexibility index (Phi) is 6.03. The molecule has 2 aromatic carbocycles. The Morgan fingerprint density at radius 1 is 1.09 bits per heavy atom. The molecule has 2 fully saturated rings. The van der Waals surface area contributed by atoms with E-state index in [1.165, 1.54) is 0 Å². The number of ether oxygens (including phenoxy) is 1. The molecule has 7 heteroatoms. The van der Waals surface area contributed by atoms with Crippen molar-refractivity contribution in [1.29, 1.82) is 0 Å². The molecule has 1 saturated carbocycles. The Morgan fingerprint density at radius 3 is 2.31 bits per heavy atom. The van der Waals surface area contributed by atoms with Crippen LogP contribution in [0.25, 0.3) is 11.1 Å². The van der Waals surface area contributed by atoms with Crippen LogP contribution in [0.15, 0.2) is 48.5 Å². The molecule has 0 radical (unpaired) electrons. The topological polar surface area (TPSA) is 95.9 Å². The summed E-state index contributed by atoms with van der Waals surface area (Å²) in [5.41, 5.74) is 3.55. The predicted molar refractivity (Wildman–Crippen MR) is 131 cm³/mol. The number of hydrogen-bond donors (Lipinski definition) is 2. The quantitative estimate of drug-likeness (QED) is 0.622. The molecule has 1 aliphatic heterocycles. The molecule has 5 rings (SSSR count). The first-order valence-electron chi connectivity index (χ1n) is 12.5. The van der Waals surface area contributed by atoms with Gasteiger partial charge in [-0.1, -0.05) is 62.4 Å². The summed E-state index contributed by atoms with van der Waals surface area (Å²) in [5.74, 6) is -1.66. The van der Waals surface area contributed by atoms with E-state index in [0.29, 0.717) is 13.0 Å². The monoisotopic (exact) mass is 476 g/mol. The van der Waals surface area contributed by atoms with Gasteiger partial charge in [0, 0.05) is 19.0 Å². The number of fused-ring (bicyclic) bond motifs is 4. The van der Waals surface area contributed by atoms with Crippen LogP contribution in [-0.4, -0.2) is 53.2 Å². The maximum atomic E-state index is 13.4. The summed E-state index contributed by atoms with van der Waals surface area (Å²) in [6, 6.07) is 16.3. The number of carbonyl (C=O) groups excluding carboxylic acids is 2. The number of piperidine rings is 1. The predicted octanol–water partition coefficient (Wildman–Crippen LogP) is 4.26. The average Bonchev–Trinajstić information content (AvgIpc) is 3.53. The fourth-order valence-electron chi connectivity index (χ4n) is 6.02. The third-order valence-electron chi connectivity index (χ3n) is 8.06. The van der Waals surface area contributed by atoms with Crippen molar-refractivity contribution in [2.24, 2.45) is 17.8 Å². The SMILES string of the molecule is CC(C)C(CNC(=O)OCC1c2ccccc2-c2ccccc21)C(=O)N1CCCC2CC21C(=O)O. The van der Waals surface area contributed by atoms with Crippen LogP contribution in [0, 0.1) is 17.8 Å². The van der Waals surface area contributed by atoms with Crippen molar-refractivity contribution in [2.75, 3.05) is 19.7 Å². The molecule has 35 heavy (non-hydrogen) atoms. The fraction of sp³-hybridized carbons (Fsp3) is 0.464. The molecule has 0 aromatic heterocycles. The van der Waals surface area contributed by atoms with Gasteiger partial charge in [-0.15, -0.1) is 0 Å². The van der Waals surface area contributed by atoms with Crippen LogP contribution in [0.1, 0.15) is 50.2 Å². The van der Waals surface area contributed by atoms with Crippen molar-refractivity contribution >= 4 is 18.0 Å². The van der Waals surface area contributed by atoms with Crippen molar-refractivity contribution < 1.29 is 24.2 Å². The molecule has 0 bridgehead atoms. The number of benzene rings is 2. The van der Waals surface area contributed by atoms with E-state index in [-0.39, 0.29) is 36.8 Å². The Bertz CT molecular complexity index is 1120. The van der Waals surface area contributed by atoms with E-state index >= 15 is 0 Å². The highest BCUT2D eigenvalue weighted by Gasteiger charge is 2.67. The molecular weight excluding hydrogens is 444 g/mol. The number of nitrogens with one attached hydrogen (secondary N) is 1. The van der Waals surface area contributed by atoms with Crippen molar-refractivity contribution in [3.8, 4) is 11.1 Å². The van der Waals surface area contributed by atoms with E-state index in [0.717, 1.165) is 35.1 Å². The van der Waals surface area contributed by atoms with Crippen LogP contribution in [0.3, 0.4) is 0 Å². The van der Waals surface area contributed by atoms with Crippen LogP contribution >= 0.6 is 0 Å². The molecule has 2 N–H and O–H groups in total. The molecule has 1 heterocycles. The second kappa shape index (κ2) is 9.02. The number of alkyl carbamates (subject to hydrolysis) is 1. The number of carbonyl (C=O) groups is 3. The van der Waals surface area contributed by atoms with E-state index in [9.17, 15) is 19.5 Å². The zero-order valence-electron chi connectivity index (χ0n) is 20.2. The van der Waals surface area contributed by atoms with E-state index in [2.05, 4.69) is 29.6 Å². The van der Waals surface area contributed by atoms with Crippen LogP contribution in [0.2, 0.25) is 0 Å². The smallest absolute Gasteiger partial charge is 0.407 e. The molecule has 2 amide bonds. The highest BCUT2D eigenvalue weighted by molar-refractivity contribution is 5.92. The Balaban J connectivity index is 1.22. The largest absolute Gasteiger partial charge is 0.479 e. The van der Waals surface area contributed by atoms with Crippen LogP contribution in [0.4, 0.5) is 4.79 Å². The summed E-state index contributed by atoms with van der Waals surface area (Å²) in [5, 5.41) is 12.6. The molecule has 3 aliphatic rings. The maximum Gasteiger partial charge on any atom is 0.407 e. The number of rotatable bonds is 7. The lowest BCUT2D eigenvalue weighted by Crippen LogP contribution is -2.55. The van der Waals surface area contributed by atoms with E-state index < -0.39 is 23.5 Å². The molecule has 184 valence electrons. The fourth-order valence-corrected chi connectivity index (χ4v) is 6.02. The van der Waals surface area contributed by atoms with Gasteiger partial charge in [0.15, 0.2) is 0 Å². The van der Waals surface area contributed by atoms with Gasteiger partial charge >= 0.3 is 12.1 Å². The lowest BCUT2D eigenvalue weighted by atomic mass is 9.91. The Labute approximate surface area is 205 Å². The first kappa shape index (κ1) is 23.4. The molecule has 2 aromatic rings. The van der Waals surface area contributed by atoms with Gasteiger partial charge in [-0.2, -0.15) is 0 Å². The summed E-state index contributed by atoms with van der Waals surface area (Å²) >= 11 is 0. The lowest BCUT2D eigenvalue weighted by molar-refractivity contribution is -0.157. The third kappa shape index (κ3) is 3.97. The summed E-state index contributed by atoms with van der Waals surface area (Å²) in [6.07, 6.45) is 1.62. The van der Waals surface area contributed by atoms with Crippen LogP contribution < -0.4 is 5.32 Å². The molecule has 3 unspecified atom stereocenters. The lowest BCUT2D eigenvalue weighted by Gasteiger charge is -2.37. The summed E-state index contributed by atoms with van der Waals surface area (Å²) in [4.78, 5) is 39.6. The number of carboxylic acids is 1. The molecule has 1 saturated heterocycles. The van der Waals surface area contributed by atoms with E-state index in [1.54, 1.807) is 4.90 Å². The normalized spacial score (nSPS) is 23.2. The number of amides is 2. The number of nitrogens with zero attached hydrogens (tertiary/aromatic N) is 1. The summed E-state index contributed by atoms with van der Waals surface area (Å²) in [6.45, 7) is 4.61. The minimum atomic E-state index is -1.05. The van der Waals surface area contributed by atoms with E-state index in [1.807, 2.05) is 38.1 Å². The van der Waals surface area contributed by atoms with Gasteiger partial charge in [-0.25, -0.2) is 9.59 Å². The summed E-state index contributed by atoms with van der Waals surface area (Å²) < 4.78 is 5.61. The number of likely N-dealkylation sites (tertiary alicyclic amines) is 1. The molecule has 3 atom stereocenters. The van der Waals surface area contributed by atoms with Gasteiger partial charge in [-0.3, -0.25) is 4.79 Å². The van der Waals surface area contributed by atoms with Crippen molar-refractivity contribution in [2.45, 2.75) is 44.6 Å². The molecule has 7 nitrogen and oxygen atoms in total. The van der Waals surface area contributed by atoms with Gasteiger partial charge in [0.25, 0.3) is 0 Å². The zero-order valence-corrected chi connectivity index (χ0v) is 20.2. The summed E-state index contributed by atoms with van der Waals surface area (Å²) in [7, 11) is 0. The molecule has 2 aliphatic carbocycles. The second-order valence-corrected chi connectivity index (χ2v) is 10.3.